The van der Waals surface area contributed by atoms with Crippen LogP contribution in [0.5, 0.6) is 0 Å². The van der Waals surface area contributed by atoms with E-state index in [-0.39, 0.29) is 0 Å². The molecule has 0 bridgehead atoms. The molecule has 1 aromatic rings. The summed E-state index contributed by atoms with van der Waals surface area (Å²) in [6.07, 6.45) is 8.53. The second-order valence-corrected chi connectivity index (χ2v) is 4.61. The lowest BCUT2D eigenvalue weighted by molar-refractivity contribution is 0.433. The first-order valence-electron chi connectivity index (χ1n) is 6.65. The van der Waals surface area contributed by atoms with Gasteiger partial charge in [-0.15, -0.1) is 0 Å². The van der Waals surface area contributed by atoms with Crippen LogP contribution in [0.2, 0.25) is 0 Å². The maximum atomic E-state index is 4.37. The van der Waals surface area contributed by atoms with Crippen molar-refractivity contribution in [1.82, 2.24) is 15.3 Å². The minimum atomic E-state index is 0.588. The third-order valence-electron chi connectivity index (χ3n) is 3.29. The Morgan fingerprint density at radius 2 is 2.41 bits per heavy atom. The van der Waals surface area contributed by atoms with Crippen molar-refractivity contribution in [3.63, 3.8) is 0 Å². The van der Waals surface area contributed by atoms with Crippen LogP contribution in [0.1, 0.15) is 32.6 Å². The van der Waals surface area contributed by atoms with Gasteiger partial charge in [0.15, 0.2) is 0 Å². The Morgan fingerprint density at radius 3 is 3.18 bits per heavy atom. The Kier molecular flexibility index (Phi) is 4.74. The smallest absolute Gasteiger partial charge is 0.132 e. The van der Waals surface area contributed by atoms with Crippen molar-refractivity contribution in [2.45, 2.75) is 38.6 Å². The molecule has 1 N–H and O–H groups in total. The number of nitrogens with one attached hydrogen (secondary N) is 1. The van der Waals surface area contributed by atoms with E-state index < -0.39 is 0 Å². The molecule has 4 heteroatoms. The zero-order valence-corrected chi connectivity index (χ0v) is 10.6. The van der Waals surface area contributed by atoms with Crippen LogP contribution in [0, 0.1) is 0 Å². The molecule has 0 saturated carbocycles. The van der Waals surface area contributed by atoms with Gasteiger partial charge in [0.1, 0.15) is 12.1 Å². The van der Waals surface area contributed by atoms with E-state index in [9.17, 15) is 0 Å². The lowest BCUT2D eigenvalue weighted by atomic mass is 10.0. The molecule has 2 rings (SSSR count). The highest BCUT2D eigenvalue weighted by Gasteiger charge is 2.22. The standard InChI is InChI=1S/C13H22N4/c1-2-7-14-10-12-5-3-4-9-17(12)13-6-8-15-11-16-13/h6,8,11-12,14H,2-5,7,9-10H2,1H3. The first-order chi connectivity index (χ1) is 8.42. The number of aromatic nitrogens is 2. The third-order valence-corrected chi connectivity index (χ3v) is 3.29. The van der Waals surface area contributed by atoms with Gasteiger partial charge in [0, 0.05) is 25.3 Å². The molecule has 4 nitrogen and oxygen atoms in total. The van der Waals surface area contributed by atoms with Gasteiger partial charge in [-0.2, -0.15) is 0 Å². The topological polar surface area (TPSA) is 41.0 Å². The summed E-state index contributed by atoms with van der Waals surface area (Å²) in [7, 11) is 0. The summed E-state index contributed by atoms with van der Waals surface area (Å²) >= 11 is 0. The van der Waals surface area contributed by atoms with Gasteiger partial charge in [-0.05, 0) is 38.3 Å². The Bertz CT molecular complexity index is 314. The zero-order valence-electron chi connectivity index (χ0n) is 10.6. The first-order valence-corrected chi connectivity index (χ1v) is 6.65. The third kappa shape index (κ3) is 3.40. The van der Waals surface area contributed by atoms with Gasteiger partial charge < -0.3 is 10.2 Å². The monoisotopic (exact) mass is 234 g/mol. The van der Waals surface area contributed by atoms with Gasteiger partial charge in [-0.3, -0.25) is 0 Å². The zero-order chi connectivity index (χ0) is 11.9. The van der Waals surface area contributed by atoms with Crippen LogP contribution < -0.4 is 10.2 Å². The predicted molar refractivity (Wildman–Crippen MR) is 70.2 cm³/mol. The van der Waals surface area contributed by atoms with E-state index in [4.69, 9.17) is 0 Å². The Hall–Kier alpha value is -1.16. The van der Waals surface area contributed by atoms with Gasteiger partial charge in [-0.1, -0.05) is 6.92 Å². The summed E-state index contributed by atoms with van der Waals surface area (Å²) < 4.78 is 0. The van der Waals surface area contributed by atoms with Gasteiger partial charge in [-0.25, -0.2) is 9.97 Å². The van der Waals surface area contributed by atoms with Crippen LogP contribution >= 0.6 is 0 Å². The van der Waals surface area contributed by atoms with Crippen molar-refractivity contribution in [2.24, 2.45) is 0 Å². The molecule has 1 aromatic heterocycles. The molecular formula is C13H22N4. The van der Waals surface area contributed by atoms with E-state index in [1.165, 1.54) is 25.7 Å². The molecule has 0 aliphatic carbocycles. The summed E-state index contributed by atoms with van der Waals surface area (Å²) in [6.45, 7) is 5.50. The number of hydrogen-bond acceptors (Lipinski definition) is 4. The van der Waals surface area contributed by atoms with Crippen molar-refractivity contribution in [2.75, 3.05) is 24.5 Å². The average molecular weight is 234 g/mol. The molecule has 0 amide bonds. The van der Waals surface area contributed by atoms with E-state index >= 15 is 0 Å². The molecule has 1 aliphatic heterocycles. The fraction of sp³-hybridized carbons (Fsp3) is 0.692. The number of piperidine rings is 1. The molecule has 0 radical (unpaired) electrons. The molecule has 0 spiro atoms. The van der Waals surface area contributed by atoms with Crippen molar-refractivity contribution in [3.05, 3.63) is 18.6 Å². The minimum Gasteiger partial charge on any atom is -0.352 e. The van der Waals surface area contributed by atoms with Crippen LogP contribution in [0.4, 0.5) is 5.82 Å². The molecule has 1 fully saturated rings. The minimum absolute atomic E-state index is 0.588. The SMILES string of the molecule is CCCNCC1CCCCN1c1ccncn1. The molecule has 1 aliphatic rings. The summed E-state index contributed by atoms with van der Waals surface area (Å²) in [4.78, 5) is 10.8. The van der Waals surface area contributed by atoms with Gasteiger partial charge in [0.05, 0.1) is 0 Å². The molecular weight excluding hydrogens is 212 g/mol. The maximum Gasteiger partial charge on any atom is 0.132 e. The normalized spacial score (nSPS) is 20.5. The van der Waals surface area contributed by atoms with Crippen molar-refractivity contribution in [1.29, 1.82) is 0 Å². The number of hydrogen-bond donors (Lipinski definition) is 1. The van der Waals surface area contributed by atoms with E-state index in [0.717, 1.165) is 25.5 Å². The average Bonchev–Trinajstić information content (AvgIpc) is 2.41. The quantitative estimate of drug-likeness (QED) is 0.789. The lowest BCUT2D eigenvalue weighted by Gasteiger charge is -2.36. The number of nitrogens with zero attached hydrogens (tertiary/aromatic N) is 3. The first kappa shape index (κ1) is 12.3. The van der Waals surface area contributed by atoms with E-state index in [2.05, 4.69) is 27.1 Å². The summed E-state index contributed by atoms with van der Waals surface area (Å²) in [5, 5.41) is 3.52. The Morgan fingerprint density at radius 1 is 1.47 bits per heavy atom. The summed E-state index contributed by atoms with van der Waals surface area (Å²) in [5.41, 5.74) is 0. The van der Waals surface area contributed by atoms with Crippen molar-refractivity contribution in [3.8, 4) is 0 Å². The highest BCUT2D eigenvalue weighted by atomic mass is 15.2. The lowest BCUT2D eigenvalue weighted by Crippen LogP contribution is -2.46. The largest absolute Gasteiger partial charge is 0.352 e. The highest BCUT2D eigenvalue weighted by molar-refractivity contribution is 5.38. The molecule has 0 aromatic carbocycles. The molecule has 94 valence electrons. The summed E-state index contributed by atoms with van der Waals surface area (Å²) in [5.74, 6) is 1.07. The van der Waals surface area contributed by atoms with E-state index in [0.29, 0.717) is 6.04 Å². The fourth-order valence-corrected chi connectivity index (χ4v) is 2.41. The highest BCUT2D eigenvalue weighted by Crippen LogP contribution is 2.21. The molecule has 1 unspecified atom stereocenters. The Balaban J connectivity index is 1.97. The van der Waals surface area contributed by atoms with Crippen LogP contribution in [-0.2, 0) is 0 Å². The molecule has 1 atom stereocenters. The predicted octanol–water partition coefficient (Wildman–Crippen LogP) is 1.84. The van der Waals surface area contributed by atoms with Gasteiger partial charge >= 0.3 is 0 Å². The van der Waals surface area contributed by atoms with Crippen LogP contribution in [0.25, 0.3) is 0 Å². The van der Waals surface area contributed by atoms with Gasteiger partial charge in [0.25, 0.3) is 0 Å². The van der Waals surface area contributed by atoms with E-state index in [1.807, 2.05) is 12.3 Å². The van der Waals surface area contributed by atoms with Crippen LogP contribution in [0.15, 0.2) is 18.6 Å². The second-order valence-electron chi connectivity index (χ2n) is 4.61. The van der Waals surface area contributed by atoms with Crippen molar-refractivity contribution >= 4 is 5.82 Å². The van der Waals surface area contributed by atoms with Crippen molar-refractivity contribution < 1.29 is 0 Å². The second kappa shape index (κ2) is 6.55. The van der Waals surface area contributed by atoms with Crippen LogP contribution in [-0.4, -0.2) is 35.6 Å². The van der Waals surface area contributed by atoms with Crippen LogP contribution in [0.3, 0.4) is 0 Å². The fourth-order valence-electron chi connectivity index (χ4n) is 2.41. The summed E-state index contributed by atoms with van der Waals surface area (Å²) in [6, 6.07) is 2.60. The van der Waals surface area contributed by atoms with Gasteiger partial charge in [0.2, 0.25) is 0 Å². The number of anilines is 1. The molecule has 17 heavy (non-hydrogen) atoms. The van der Waals surface area contributed by atoms with E-state index in [1.54, 1.807) is 6.33 Å². The molecule has 1 saturated heterocycles. The number of rotatable bonds is 5. The molecule has 2 heterocycles. The Labute approximate surface area is 103 Å². The maximum absolute atomic E-state index is 4.37.